The fraction of sp³-hybridized carbons (Fsp3) is 0.308. The highest BCUT2D eigenvalue weighted by Gasteiger charge is 2.15. The molecule has 0 fully saturated rings. The van der Waals surface area contributed by atoms with Gasteiger partial charge in [-0.15, -0.1) is 0 Å². The number of hydrogen-bond acceptors (Lipinski definition) is 2. The number of rotatable bonds is 4. The Labute approximate surface area is 105 Å². The molecular formula is C13H16FN3O. The van der Waals surface area contributed by atoms with E-state index in [9.17, 15) is 9.18 Å². The van der Waals surface area contributed by atoms with Crippen molar-refractivity contribution in [3.05, 3.63) is 58.5 Å². The molecular weight excluding hydrogens is 233 g/mol. The van der Waals surface area contributed by atoms with E-state index in [1.54, 1.807) is 49.3 Å². The minimum Gasteiger partial charge on any atom is -0.311 e. The van der Waals surface area contributed by atoms with Gasteiger partial charge in [0, 0.05) is 31.5 Å². The summed E-state index contributed by atoms with van der Waals surface area (Å²) in [6.07, 6.45) is 3.39. The molecule has 0 radical (unpaired) electrons. The van der Waals surface area contributed by atoms with Gasteiger partial charge in [0.1, 0.15) is 5.82 Å². The van der Waals surface area contributed by atoms with E-state index in [0.717, 1.165) is 0 Å². The van der Waals surface area contributed by atoms with Crippen LogP contribution in [0.5, 0.6) is 0 Å². The lowest BCUT2D eigenvalue weighted by Gasteiger charge is -2.17. The van der Waals surface area contributed by atoms with Crippen LogP contribution in [0.15, 0.2) is 41.5 Å². The van der Waals surface area contributed by atoms with Crippen LogP contribution >= 0.6 is 0 Å². The molecule has 18 heavy (non-hydrogen) atoms. The summed E-state index contributed by atoms with van der Waals surface area (Å²) < 4.78 is 16.8. The van der Waals surface area contributed by atoms with Crippen LogP contribution in [0, 0.1) is 5.82 Å². The number of nitrogens with one attached hydrogen (secondary N) is 1. The Balaban J connectivity index is 2.28. The molecule has 5 heteroatoms. The number of halogens is 1. The van der Waals surface area contributed by atoms with Gasteiger partial charge in [-0.1, -0.05) is 18.2 Å². The van der Waals surface area contributed by atoms with Gasteiger partial charge in [-0.25, -0.2) is 9.18 Å². The van der Waals surface area contributed by atoms with E-state index < -0.39 is 0 Å². The van der Waals surface area contributed by atoms with Crippen LogP contribution in [-0.2, 0) is 13.6 Å². The van der Waals surface area contributed by atoms with E-state index in [2.05, 4.69) is 5.32 Å². The van der Waals surface area contributed by atoms with Gasteiger partial charge in [0.2, 0.25) is 0 Å². The largest absolute Gasteiger partial charge is 0.327 e. The second-order valence-corrected chi connectivity index (χ2v) is 4.21. The zero-order valence-corrected chi connectivity index (χ0v) is 10.4. The summed E-state index contributed by atoms with van der Waals surface area (Å²) in [5, 5.41) is 3.04. The lowest BCUT2D eigenvalue weighted by atomic mass is 10.1. The molecule has 1 atom stereocenters. The first-order valence-electron chi connectivity index (χ1n) is 5.77. The molecule has 1 heterocycles. The van der Waals surface area contributed by atoms with Crippen LogP contribution in [0.1, 0.15) is 11.6 Å². The van der Waals surface area contributed by atoms with Crippen LogP contribution in [0.3, 0.4) is 0 Å². The summed E-state index contributed by atoms with van der Waals surface area (Å²) in [5.74, 6) is -0.263. The summed E-state index contributed by atoms with van der Waals surface area (Å²) in [6, 6.07) is 6.36. The van der Waals surface area contributed by atoms with Crippen LogP contribution in [0.2, 0.25) is 0 Å². The van der Waals surface area contributed by atoms with E-state index in [-0.39, 0.29) is 17.5 Å². The molecule has 2 rings (SSSR count). The molecule has 0 aliphatic rings. The highest BCUT2D eigenvalue weighted by molar-refractivity contribution is 5.21. The molecule has 1 aromatic heterocycles. The molecule has 0 aliphatic carbocycles. The molecule has 2 aromatic rings. The van der Waals surface area contributed by atoms with Crippen molar-refractivity contribution in [3.8, 4) is 0 Å². The first kappa shape index (κ1) is 12.6. The number of benzene rings is 1. The van der Waals surface area contributed by atoms with Gasteiger partial charge in [0.25, 0.3) is 0 Å². The molecule has 1 unspecified atom stereocenters. The molecule has 96 valence electrons. The predicted octanol–water partition coefficient (Wildman–Crippen LogP) is 1.29. The average Bonchev–Trinajstić information content (AvgIpc) is 2.68. The van der Waals surface area contributed by atoms with Gasteiger partial charge >= 0.3 is 5.69 Å². The van der Waals surface area contributed by atoms with Crippen LogP contribution in [0.4, 0.5) is 4.39 Å². The maximum Gasteiger partial charge on any atom is 0.327 e. The summed E-state index contributed by atoms with van der Waals surface area (Å²) in [6.45, 7) is 0.400. The lowest BCUT2D eigenvalue weighted by Crippen LogP contribution is -2.29. The van der Waals surface area contributed by atoms with Gasteiger partial charge in [0.05, 0.1) is 6.04 Å². The van der Waals surface area contributed by atoms with E-state index in [1.807, 2.05) is 0 Å². The fourth-order valence-corrected chi connectivity index (χ4v) is 1.95. The Hall–Kier alpha value is -1.88. The normalized spacial score (nSPS) is 12.6. The summed E-state index contributed by atoms with van der Waals surface area (Å²) in [4.78, 5) is 11.7. The summed E-state index contributed by atoms with van der Waals surface area (Å²) >= 11 is 0. The van der Waals surface area contributed by atoms with Crippen molar-refractivity contribution in [1.82, 2.24) is 14.5 Å². The van der Waals surface area contributed by atoms with Crippen molar-refractivity contribution >= 4 is 0 Å². The van der Waals surface area contributed by atoms with Crippen molar-refractivity contribution < 1.29 is 4.39 Å². The Morgan fingerprint density at radius 3 is 2.61 bits per heavy atom. The summed E-state index contributed by atoms with van der Waals surface area (Å²) in [5.41, 5.74) is 0.461. The third-order valence-corrected chi connectivity index (χ3v) is 3.03. The minimum atomic E-state index is -0.263. The van der Waals surface area contributed by atoms with Crippen molar-refractivity contribution in [3.63, 3.8) is 0 Å². The highest BCUT2D eigenvalue weighted by Crippen LogP contribution is 2.17. The molecule has 0 bridgehead atoms. The molecule has 1 N–H and O–H groups in total. The number of aromatic nitrogens is 2. The van der Waals surface area contributed by atoms with Gasteiger partial charge in [-0.3, -0.25) is 4.57 Å². The van der Waals surface area contributed by atoms with Gasteiger partial charge in [0.15, 0.2) is 0 Å². The second-order valence-electron chi connectivity index (χ2n) is 4.21. The number of imidazole rings is 1. The molecule has 0 saturated heterocycles. The molecule has 0 spiro atoms. The molecule has 0 saturated carbocycles. The second kappa shape index (κ2) is 5.18. The highest BCUT2D eigenvalue weighted by atomic mass is 19.1. The zero-order chi connectivity index (χ0) is 13.1. The number of nitrogens with zero attached hydrogens (tertiary/aromatic N) is 2. The van der Waals surface area contributed by atoms with Crippen LogP contribution < -0.4 is 11.0 Å². The fourth-order valence-electron chi connectivity index (χ4n) is 1.95. The van der Waals surface area contributed by atoms with E-state index in [1.165, 1.54) is 10.6 Å². The van der Waals surface area contributed by atoms with Gasteiger partial charge in [-0.2, -0.15) is 0 Å². The first-order valence-corrected chi connectivity index (χ1v) is 5.77. The van der Waals surface area contributed by atoms with E-state index >= 15 is 0 Å². The Morgan fingerprint density at radius 2 is 2.06 bits per heavy atom. The topological polar surface area (TPSA) is 39.0 Å². The molecule has 0 aliphatic heterocycles. The minimum absolute atomic E-state index is 0.105. The monoisotopic (exact) mass is 249 g/mol. The van der Waals surface area contributed by atoms with Crippen molar-refractivity contribution in [2.75, 3.05) is 7.05 Å². The van der Waals surface area contributed by atoms with Crippen molar-refractivity contribution in [2.45, 2.75) is 12.6 Å². The number of likely N-dealkylation sites (N-methyl/N-ethyl adjacent to an activating group) is 1. The Morgan fingerprint density at radius 1 is 1.33 bits per heavy atom. The third-order valence-electron chi connectivity index (χ3n) is 3.03. The zero-order valence-electron chi connectivity index (χ0n) is 10.4. The van der Waals surface area contributed by atoms with Gasteiger partial charge < -0.3 is 9.88 Å². The third kappa shape index (κ3) is 2.36. The lowest BCUT2D eigenvalue weighted by molar-refractivity contribution is 0.465. The smallest absolute Gasteiger partial charge is 0.311 e. The quantitative estimate of drug-likeness (QED) is 0.886. The maximum absolute atomic E-state index is 13.7. The van der Waals surface area contributed by atoms with E-state index in [0.29, 0.717) is 12.1 Å². The van der Waals surface area contributed by atoms with E-state index in [4.69, 9.17) is 0 Å². The number of aryl methyl sites for hydroxylation is 1. The molecule has 4 nitrogen and oxygen atoms in total. The average molecular weight is 249 g/mol. The van der Waals surface area contributed by atoms with Crippen LogP contribution in [0.25, 0.3) is 0 Å². The molecule has 1 aromatic carbocycles. The molecule has 0 amide bonds. The van der Waals surface area contributed by atoms with Gasteiger partial charge in [-0.05, 0) is 13.1 Å². The maximum atomic E-state index is 13.7. The standard InChI is InChI=1S/C13H16FN3O/c1-15-12(10-5-3-4-6-11(10)14)9-17-8-7-16(2)13(17)18/h3-8,12,15H,9H2,1-2H3. The Bertz CT molecular complexity index is 588. The summed E-state index contributed by atoms with van der Waals surface area (Å²) in [7, 11) is 3.45. The SMILES string of the molecule is CNC(Cn1ccn(C)c1=O)c1ccccc1F. The number of hydrogen-bond donors (Lipinski definition) is 1. The predicted molar refractivity (Wildman–Crippen MR) is 67.9 cm³/mol. The van der Waals surface area contributed by atoms with Crippen molar-refractivity contribution in [2.24, 2.45) is 7.05 Å². The first-order chi connectivity index (χ1) is 8.63. The Kier molecular flexibility index (Phi) is 3.62. The van der Waals surface area contributed by atoms with Crippen LogP contribution in [-0.4, -0.2) is 16.2 Å². The van der Waals surface area contributed by atoms with Crippen molar-refractivity contribution in [1.29, 1.82) is 0 Å².